The minimum atomic E-state index is -0.419. The number of halogens is 1. The van der Waals surface area contributed by atoms with E-state index in [2.05, 4.69) is 32.8 Å². The summed E-state index contributed by atoms with van der Waals surface area (Å²) in [5.41, 5.74) is 1.88. The Hall–Kier alpha value is -3.14. The SMILES string of the molecule is O=[N+]([O-])c1ccccc1-[n+]1nc(-c2ccccc2)nn1-c1ccc(I)cc1. The normalized spacial score (nSPS) is 10.7. The number of nitrogens with zero attached hydrogens (tertiary/aromatic N) is 5. The van der Waals surface area contributed by atoms with Crippen LogP contribution in [0.2, 0.25) is 0 Å². The molecule has 1 heterocycles. The number of hydrogen-bond acceptors (Lipinski definition) is 4. The fourth-order valence-electron chi connectivity index (χ4n) is 2.67. The Morgan fingerprint density at radius 3 is 2.30 bits per heavy atom. The second-order valence-corrected chi connectivity index (χ2v) is 6.94. The average molecular weight is 470 g/mol. The molecule has 27 heavy (non-hydrogen) atoms. The van der Waals surface area contributed by atoms with Crippen LogP contribution in [0, 0.1) is 13.7 Å². The molecule has 3 aromatic carbocycles. The van der Waals surface area contributed by atoms with Gasteiger partial charge in [-0.25, -0.2) is 0 Å². The molecular weight excluding hydrogens is 457 g/mol. The van der Waals surface area contributed by atoms with E-state index in [0.29, 0.717) is 11.5 Å². The Kier molecular flexibility index (Phi) is 4.63. The van der Waals surface area contributed by atoms with Crippen LogP contribution in [0.5, 0.6) is 0 Å². The molecule has 0 aliphatic rings. The maximum atomic E-state index is 11.5. The van der Waals surface area contributed by atoms with Crippen molar-refractivity contribution in [2.24, 2.45) is 0 Å². The van der Waals surface area contributed by atoms with Crippen LogP contribution in [-0.2, 0) is 0 Å². The van der Waals surface area contributed by atoms with Crippen molar-refractivity contribution >= 4 is 28.3 Å². The molecule has 0 radical (unpaired) electrons. The predicted molar refractivity (Wildman–Crippen MR) is 108 cm³/mol. The molecule has 0 bridgehead atoms. The van der Waals surface area contributed by atoms with Gasteiger partial charge in [-0.2, -0.15) is 0 Å². The molecule has 0 fully saturated rings. The quantitative estimate of drug-likeness (QED) is 0.197. The molecule has 0 atom stereocenters. The van der Waals surface area contributed by atoms with E-state index >= 15 is 0 Å². The molecule has 0 N–H and O–H groups in total. The van der Waals surface area contributed by atoms with E-state index in [9.17, 15) is 10.1 Å². The predicted octanol–water partition coefficient (Wildman–Crippen LogP) is 3.72. The van der Waals surface area contributed by atoms with Crippen LogP contribution in [0.15, 0.2) is 78.9 Å². The van der Waals surface area contributed by atoms with Crippen LogP contribution >= 0.6 is 22.6 Å². The zero-order valence-electron chi connectivity index (χ0n) is 13.9. The van der Waals surface area contributed by atoms with E-state index in [4.69, 9.17) is 0 Å². The van der Waals surface area contributed by atoms with E-state index in [1.165, 1.54) is 10.9 Å². The van der Waals surface area contributed by atoms with Crippen LogP contribution in [-0.4, -0.2) is 19.9 Å². The molecule has 0 spiro atoms. The van der Waals surface area contributed by atoms with Crippen molar-refractivity contribution < 1.29 is 9.72 Å². The Bertz CT molecular complexity index is 1110. The molecule has 0 amide bonds. The summed E-state index contributed by atoms with van der Waals surface area (Å²) in [7, 11) is 0. The van der Waals surface area contributed by atoms with Gasteiger partial charge in [-0.3, -0.25) is 10.1 Å². The summed E-state index contributed by atoms with van der Waals surface area (Å²) in [5, 5.41) is 20.7. The van der Waals surface area contributed by atoms with E-state index in [-0.39, 0.29) is 5.69 Å². The molecule has 0 saturated heterocycles. The van der Waals surface area contributed by atoms with E-state index in [1.807, 2.05) is 54.6 Å². The van der Waals surface area contributed by atoms with Crippen LogP contribution in [0.3, 0.4) is 0 Å². The molecule has 0 aliphatic carbocycles. The van der Waals surface area contributed by atoms with Gasteiger partial charge >= 0.3 is 11.5 Å². The first-order valence-electron chi connectivity index (χ1n) is 8.08. The Labute approximate surface area is 168 Å². The van der Waals surface area contributed by atoms with Crippen LogP contribution in [0.1, 0.15) is 0 Å². The first kappa shape index (κ1) is 17.3. The van der Waals surface area contributed by atoms with Gasteiger partial charge in [0.05, 0.1) is 15.6 Å². The van der Waals surface area contributed by atoms with Crippen LogP contribution in [0.4, 0.5) is 5.69 Å². The highest BCUT2D eigenvalue weighted by atomic mass is 127. The molecule has 0 aliphatic heterocycles. The Morgan fingerprint density at radius 2 is 1.59 bits per heavy atom. The highest BCUT2D eigenvalue weighted by molar-refractivity contribution is 14.1. The van der Waals surface area contributed by atoms with Crippen molar-refractivity contribution in [2.75, 3.05) is 0 Å². The number of benzene rings is 3. The third-order valence-corrected chi connectivity index (χ3v) is 4.66. The molecule has 0 saturated carbocycles. The monoisotopic (exact) mass is 470 g/mol. The first-order chi connectivity index (χ1) is 13.1. The molecule has 8 heteroatoms. The number of nitro benzene ring substituents is 1. The van der Waals surface area contributed by atoms with Crippen molar-refractivity contribution in [1.29, 1.82) is 0 Å². The minimum Gasteiger partial charge on any atom is -0.258 e. The highest BCUT2D eigenvalue weighted by Crippen LogP contribution is 2.20. The van der Waals surface area contributed by atoms with Crippen molar-refractivity contribution in [3.05, 3.63) is 92.5 Å². The highest BCUT2D eigenvalue weighted by Gasteiger charge is 2.28. The fraction of sp³-hybridized carbons (Fsp3) is 0. The summed E-state index contributed by atoms with van der Waals surface area (Å²) in [4.78, 5) is 14.1. The van der Waals surface area contributed by atoms with Crippen molar-refractivity contribution in [3.63, 3.8) is 0 Å². The third kappa shape index (κ3) is 3.43. The lowest BCUT2D eigenvalue weighted by Crippen LogP contribution is -2.43. The van der Waals surface area contributed by atoms with Gasteiger partial charge in [-0.15, -0.1) is 0 Å². The molecule has 4 aromatic rings. The molecule has 4 rings (SSSR count). The number of aromatic nitrogens is 4. The largest absolute Gasteiger partial charge is 0.340 e. The van der Waals surface area contributed by atoms with Crippen molar-refractivity contribution in [3.8, 4) is 22.8 Å². The van der Waals surface area contributed by atoms with Gasteiger partial charge in [0.2, 0.25) is 0 Å². The first-order valence-corrected chi connectivity index (χ1v) is 9.16. The smallest absolute Gasteiger partial charge is 0.258 e. The minimum absolute atomic E-state index is 0.0405. The second-order valence-electron chi connectivity index (χ2n) is 5.69. The van der Waals surface area contributed by atoms with E-state index in [1.54, 1.807) is 23.0 Å². The Morgan fingerprint density at radius 1 is 0.926 bits per heavy atom. The van der Waals surface area contributed by atoms with Crippen LogP contribution < -0.4 is 4.80 Å². The van der Waals surface area contributed by atoms with Gasteiger partial charge in [0, 0.05) is 14.4 Å². The molecule has 132 valence electrons. The number of hydrogen-bond donors (Lipinski definition) is 0. The summed E-state index contributed by atoms with van der Waals surface area (Å²) in [6.07, 6.45) is 0. The lowest BCUT2D eigenvalue weighted by atomic mass is 10.2. The maximum Gasteiger partial charge on any atom is 0.340 e. The standard InChI is InChI=1S/C19H13IN5O2/c20-15-10-12-16(13-11-15)23-21-19(14-6-2-1-3-7-14)22-24(23)17-8-4-5-9-18(17)25(26)27/h1-13H/q+1. The lowest BCUT2D eigenvalue weighted by molar-refractivity contribution is -0.736. The average Bonchev–Trinajstić information content (AvgIpc) is 3.14. The topological polar surface area (TPSA) is 77.7 Å². The van der Waals surface area contributed by atoms with Crippen molar-refractivity contribution in [2.45, 2.75) is 0 Å². The van der Waals surface area contributed by atoms with Crippen molar-refractivity contribution in [1.82, 2.24) is 15.0 Å². The maximum absolute atomic E-state index is 11.5. The summed E-state index contributed by atoms with van der Waals surface area (Å²) in [6, 6.07) is 23.7. The zero-order chi connectivity index (χ0) is 18.8. The van der Waals surface area contributed by atoms with E-state index < -0.39 is 4.92 Å². The second kappa shape index (κ2) is 7.23. The fourth-order valence-corrected chi connectivity index (χ4v) is 3.03. The Balaban J connectivity index is 1.96. The van der Waals surface area contributed by atoms with Crippen LogP contribution in [0.25, 0.3) is 22.8 Å². The third-order valence-electron chi connectivity index (χ3n) is 3.94. The molecule has 1 aromatic heterocycles. The number of nitro groups is 1. The summed E-state index contributed by atoms with van der Waals surface area (Å²) in [6.45, 7) is 0. The lowest BCUT2D eigenvalue weighted by Gasteiger charge is -2.01. The van der Waals surface area contributed by atoms with Gasteiger partial charge in [0.1, 0.15) is 5.69 Å². The summed E-state index contributed by atoms with van der Waals surface area (Å²) in [5.74, 6) is 0.479. The van der Waals surface area contributed by atoms with Gasteiger partial charge in [0.25, 0.3) is 5.69 Å². The van der Waals surface area contributed by atoms with E-state index in [0.717, 1.165) is 14.8 Å². The number of para-hydroxylation sites is 2. The number of rotatable bonds is 4. The summed E-state index contributed by atoms with van der Waals surface area (Å²) >= 11 is 2.22. The zero-order valence-corrected chi connectivity index (χ0v) is 16.1. The van der Waals surface area contributed by atoms with Gasteiger partial charge < -0.3 is 0 Å². The van der Waals surface area contributed by atoms with Gasteiger partial charge in [-0.05, 0) is 75.0 Å². The number of tetrazole rings is 1. The summed E-state index contributed by atoms with van der Waals surface area (Å²) < 4.78 is 1.08. The molecule has 7 nitrogen and oxygen atoms in total. The van der Waals surface area contributed by atoms with Gasteiger partial charge in [-0.1, -0.05) is 30.3 Å². The molecule has 0 unspecified atom stereocenters. The van der Waals surface area contributed by atoms with Gasteiger partial charge in [0.15, 0.2) is 0 Å². The molecular formula is C19H13IN5O2+.